The van der Waals surface area contributed by atoms with E-state index in [4.69, 9.17) is 0 Å². The van der Waals surface area contributed by atoms with E-state index >= 15 is 0 Å². The summed E-state index contributed by atoms with van der Waals surface area (Å²) >= 11 is 0. The largest absolute Gasteiger partial charge is 0.296 e. The normalized spacial score (nSPS) is 10.7. The van der Waals surface area contributed by atoms with Gasteiger partial charge in [0.2, 0.25) is 11.9 Å². The van der Waals surface area contributed by atoms with Gasteiger partial charge in [-0.15, -0.1) is 0 Å². The summed E-state index contributed by atoms with van der Waals surface area (Å²) in [7, 11) is 0. The highest BCUT2D eigenvalue weighted by atomic mass is 16.1. The van der Waals surface area contributed by atoms with E-state index in [0.29, 0.717) is 11.0 Å². The van der Waals surface area contributed by atoms with E-state index in [-0.39, 0.29) is 17.4 Å². The quantitative estimate of drug-likeness (QED) is 0.816. The Morgan fingerprint density at radius 3 is 2.80 bits per heavy atom. The average molecular weight is 274 g/mol. The van der Waals surface area contributed by atoms with Crippen molar-refractivity contribution < 1.29 is 4.79 Å². The molecule has 20 heavy (non-hydrogen) atoms. The molecule has 2 aromatic rings. The van der Waals surface area contributed by atoms with Crippen LogP contribution in [0, 0.1) is 0 Å². The maximum absolute atomic E-state index is 12.0. The van der Waals surface area contributed by atoms with Crippen molar-refractivity contribution in [3.63, 3.8) is 0 Å². The van der Waals surface area contributed by atoms with Crippen molar-refractivity contribution in [3.8, 4) is 0 Å². The predicted octanol–water partition coefficient (Wildman–Crippen LogP) is 2.01. The number of fused-ring (bicyclic) bond motifs is 1. The molecule has 2 heterocycles. The molecule has 0 saturated heterocycles. The number of carbonyl (C=O) groups is 1. The van der Waals surface area contributed by atoms with Crippen LogP contribution in [0.4, 0.5) is 5.95 Å². The van der Waals surface area contributed by atoms with Crippen LogP contribution in [0.1, 0.15) is 38.8 Å². The molecule has 0 fully saturated rings. The van der Waals surface area contributed by atoms with Crippen LogP contribution in [0.3, 0.4) is 0 Å². The van der Waals surface area contributed by atoms with Gasteiger partial charge in [0.15, 0.2) is 5.52 Å². The summed E-state index contributed by atoms with van der Waals surface area (Å²) in [6.45, 7) is 3.51. The predicted molar refractivity (Wildman–Crippen MR) is 77.7 cm³/mol. The van der Waals surface area contributed by atoms with E-state index in [2.05, 4.69) is 27.2 Å². The molecule has 106 valence electrons. The Morgan fingerprint density at radius 1 is 1.30 bits per heavy atom. The van der Waals surface area contributed by atoms with Gasteiger partial charge in [0, 0.05) is 12.6 Å². The van der Waals surface area contributed by atoms with Crippen molar-refractivity contribution >= 4 is 22.9 Å². The number of rotatable bonds is 5. The molecule has 6 nitrogen and oxygen atoms in total. The first-order chi connectivity index (χ1) is 9.60. The maximum atomic E-state index is 12.0. The van der Waals surface area contributed by atoms with E-state index < -0.39 is 0 Å². The molecule has 0 radical (unpaired) electrons. The molecule has 0 aliphatic rings. The number of nitrogens with zero attached hydrogens (tertiary/aromatic N) is 2. The molecule has 0 saturated carbocycles. The average Bonchev–Trinajstić information content (AvgIpc) is 2.39. The van der Waals surface area contributed by atoms with Gasteiger partial charge < -0.3 is 0 Å². The Balaban J connectivity index is 2.31. The zero-order chi connectivity index (χ0) is 14.5. The van der Waals surface area contributed by atoms with Crippen LogP contribution in [0.5, 0.6) is 0 Å². The van der Waals surface area contributed by atoms with Crippen LogP contribution in [0.15, 0.2) is 16.9 Å². The van der Waals surface area contributed by atoms with Crippen LogP contribution in [-0.4, -0.2) is 20.9 Å². The van der Waals surface area contributed by atoms with Gasteiger partial charge in [0.25, 0.3) is 5.56 Å². The topological polar surface area (TPSA) is 87.7 Å². The summed E-state index contributed by atoms with van der Waals surface area (Å²) in [4.78, 5) is 34.0. The second-order valence-electron chi connectivity index (χ2n) is 4.72. The molecule has 1 amide bonds. The molecule has 6 heteroatoms. The van der Waals surface area contributed by atoms with Crippen molar-refractivity contribution in [3.05, 3.63) is 28.2 Å². The Labute approximate surface area is 116 Å². The Kier molecular flexibility index (Phi) is 4.45. The number of aromatic nitrogens is 3. The zero-order valence-corrected chi connectivity index (χ0v) is 11.7. The van der Waals surface area contributed by atoms with Gasteiger partial charge in [-0.05, 0) is 25.0 Å². The number of pyridine rings is 1. The lowest BCUT2D eigenvalue weighted by molar-refractivity contribution is -0.114. The second kappa shape index (κ2) is 6.27. The first-order valence-corrected chi connectivity index (χ1v) is 6.77. The molecule has 0 aliphatic heterocycles. The van der Waals surface area contributed by atoms with Crippen molar-refractivity contribution in [2.45, 2.75) is 39.5 Å². The molecule has 2 aromatic heterocycles. The number of amides is 1. The standard InChI is InChI=1S/C14H18N4O2/c1-3-4-5-6-10-7-8-11-12(16-10)13(20)18-14(17-11)15-9(2)19/h7-8H,3-6H2,1-2H3,(H2,15,17,18,19,20). The van der Waals surface area contributed by atoms with Gasteiger partial charge >= 0.3 is 0 Å². The van der Waals surface area contributed by atoms with Crippen molar-refractivity contribution in [1.29, 1.82) is 0 Å². The van der Waals surface area contributed by atoms with E-state index in [1.165, 1.54) is 6.92 Å². The fourth-order valence-corrected chi connectivity index (χ4v) is 1.99. The molecule has 2 N–H and O–H groups in total. The molecular weight excluding hydrogens is 256 g/mol. The Morgan fingerprint density at radius 2 is 2.10 bits per heavy atom. The van der Waals surface area contributed by atoms with E-state index in [1.807, 2.05) is 6.07 Å². The molecule has 0 aliphatic carbocycles. The summed E-state index contributed by atoms with van der Waals surface area (Å²) in [5.41, 5.74) is 1.35. The van der Waals surface area contributed by atoms with Crippen molar-refractivity contribution in [2.75, 3.05) is 5.32 Å². The smallest absolute Gasteiger partial charge is 0.278 e. The van der Waals surface area contributed by atoms with E-state index in [9.17, 15) is 9.59 Å². The highest BCUT2D eigenvalue weighted by molar-refractivity contribution is 5.87. The Hall–Kier alpha value is -2.24. The molecular formula is C14H18N4O2. The fraction of sp³-hybridized carbons (Fsp3) is 0.429. The second-order valence-corrected chi connectivity index (χ2v) is 4.72. The minimum Gasteiger partial charge on any atom is -0.296 e. The first kappa shape index (κ1) is 14.2. The summed E-state index contributed by atoms with van der Waals surface area (Å²) in [6.07, 6.45) is 4.21. The monoisotopic (exact) mass is 274 g/mol. The number of aromatic amines is 1. The number of hydrogen-bond donors (Lipinski definition) is 2. The van der Waals surface area contributed by atoms with Gasteiger partial charge in [-0.2, -0.15) is 0 Å². The molecule has 0 bridgehead atoms. The molecule has 0 atom stereocenters. The van der Waals surface area contributed by atoms with Crippen LogP contribution < -0.4 is 10.9 Å². The van der Waals surface area contributed by atoms with Gasteiger partial charge in [-0.3, -0.25) is 19.9 Å². The number of hydrogen-bond acceptors (Lipinski definition) is 4. The summed E-state index contributed by atoms with van der Waals surface area (Å²) in [5.74, 6) is -0.132. The van der Waals surface area contributed by atoms with Crippen LogP contribution in [-0.2, 0) is 11.2 Å². The number of carbonyl (C=O) groups excluding carboxylic acids is 1. The lowest BCUT2D eigenvalue weighted by Crippen LogP contribution is -2.17. The van der Waals surface area contributed by atoms with Gasteiger partial charge in [0.1, 0.15) is 0 Å². The molecule has 0 spiro atoms. The van der Waals surface area contributed by atoms with Crippen molar-refractivity contribution in [2.24, 2.45) is 0 Å². The minimum atomic E-state index is -0.337. The van der Waals surface area contributed by atoms with Crippen LogP contribution >= 0.6 is 0 Å². The first-order valence-electron chi connectivity index (χ1n) is 6.77. The van der Waals surface area contributed by atoms with Crippen molar-refractivity contribution in [1.82, 2.24) is 15.0 Å². The summed E-state index contributed by atoms with van der Waals surface area (Å²) in [5, 5.41) is 2.46. The maximum Gasteiger partial charge on any atom is 0.278 e. The van der Waals surface area contributed by atoms with E-state index in [1.54, 1.807) is 6.07 Å². The summed E-state index contributed by atoms with van der Waals surface area (Å²) in [6, 6.07) is 3.64. The Bertz CT molecular complexity index is 678. The number of aryl methyl sites for hydroxylation is 1. The third-order valence-electron chi connectivity index (χ3n) is 2.94. The number of nitrogens with one attached hydrogen (secondary N) is 2. The van der Waals surface area contributed by atoms with E-state index in [0.717, 1.165) is 31.4 Å². The fourth-order valence-electron chi connectivity index (χ4n) is 1.99. The van der Waals surface area contributed by atoms with Crippen LogP contribution in [0.25, 0.3) is 11.0 Å². The lowest BCUT2D eigenvalue weighted by Gasteiger charge is -2.04. The number of H-pyrrole nitrogens is 1. The minimum absolute atomic E-state index is 0.149. The number of unbranched alkanes of at least 4 members (excludes halogenated alkanes) is 2. The SMILES string of the molecule is CCCCCc1ccc2nc(NC(C)=O)[nH]c(=O)c2n1. The van der Waals surface area contributed by atoms with Crippen LogP contribution in [0.2, 0.25) is 0 Å². The highest BCUT2D eigenvalue weighted by Crippen LogP contribution is 2.10. The third kappa shape index (κ3) is 3.40. The van der Waals surface area contributed by atoms with Gasteiger partial charge in [-0.25, -0.2) is 9.97 Å². The lowest BCUT2D eigenvalue weighted by atomic mass is 10.1. The van der Waals surface area contributed by atoms with Gasteiger partial charge in [-0.1, -0.05) is 19.8 Å². The highest BCUT2D eigenvalue weighted by Gasteiger charge is 2.07. The third-order valence-corrected chi connectivity index (χ3v) is 2.94. The molecule has 2 rings (SSSR count). The van der Waals surface area contributed by atoms with Gasteiger partial charge in [0.05, 0.1) is 5.52 Å². The number of anilines is 1. The zero-order valence-electron chi connectivity index (χ0n) is 11.7. The molecule has 0 aromatic carbocycles. The summed E-state index contributed by atoms with van der Waals surface area (Å²) < 4.78 is 0. The molecule has 0 unspecified atom stereocenters.